The largest absolute Gasteiger partial charge is 0.344 e. The van der Waals surface area contributed by atoms with Crippen molar-refractivity contribution in [3.63, 3.8) is 0 Å². The number of hydrogen-bond donors (Lipinski definition) is 2. The number of amides is 4. The fourth-order valence-electron chi connectivity index (χ4n) is 3.56. The molecule has 6 nitrogen and oxygen atoms in total. The molecule has 1 saturated carbocycles. The van der Waals surface area contributed by atoms with Gasteiger partial charge in [-0.05, 0) is 24.3 Å². The van der Waals surface area contributed by atoms with E-state index in [0.29, 0.717) is 12.8 Å². The number of nitrogens with one attached hydrogen (secondary N) is 2. The van der Waals surface area contributed by atoms with Crippen molar-refractivity contribution in [2.45, 2.75) is 56.9 Å². The summed E-state index contributed by atoms with van der Waals surface area (Å²) in [5.41, 5.74) is 2.72. The molecule has 2 N–H and O–H groups in total. The van der Waals surface area contributed by atoms with E-state index in [1.54, 1.807) is 0 Å². The van der Waals surface area contributed by atoms with Gasteiger partial charge in [-0.3, -0.25) is 15.0 Å². The maximum Gasteiger partial charge on any atom is 0.344 e. The van der Waals surface area contributed by atoms with E-state index >= 15 is 0 Å². The molecule has 1 saturated heterocycles. The number of rotatable bonds is 4. The first kappa shape index (κ1) is 16.5. The highest BCUT2D eigenvalue weighted by Gasteiger charge is 2.52. The molecule has 1 atom stereocenters. The Morgan fingerprint density at radius 3 is 2.54 bits per heavy atom. The van der Waals surface area contributed by atoms with E-state index in [-0.39, 0.29) is 24.2 Å². The molecule has 1 aliphatic carbocycles. The molecule has 0 aromatic heterocycles. The summed E-state index contributed by atoms with van der Waals surface area (Å²) in [6, 6.07) is 9.17. The second-order valence-electron chi connectivity index (χ2n) is 6.76. The molecule has 0 radical (unpaired) electrons. The maximum absolute atomic E-state index is 12.6. The first-order chi connectivity index (χ1) is 11.5. The van der Waals surface area contributed by atoms with Gasteiger partial charge in [-0.25, -0.2) is 4.79 Å². The molecule has 1 aromatic rings. The lowest BCUT2D eigenvalue weighted by Crippen LogP contribution is -2.51. The summed E-state index contributed by atoms with van der Waals surface area (Å²) >= 11 is 0. The lowest BCUT2D eigenvalue weighted by atomic mass is 9.82. The number of nitrogens with zero attached hydrogens (tertiary/aromatic N) is 1. The summed E-state index contributed by atoms with van der Waals surface area (Å²) in [6.07, 6.45) is 4.41. The number of hydrazine groups is 1. The van der Waals surface area contributed by atoms with Gasteiger partial charge in [-0.2, -0.15) is 5.01 Å². The number of hydrogen-bond acceptors (Lipinski definition) is 3. The molecule has 24 heavy (non-hydrogen) atoms. The molecule has 128 valence electrons. The van der Waals surface area contributed by atoms with Crippen molar-refractivity contribution in [2.75, 3.05) is 0 Å². The van der Waals surface area contributed by atoms with Crippen LogP contribution in [-0.4, -0.2) is 28.4 Å². The van der Waals surface area contributed by atoms with Crippen LogP contribution < -0.4 is 10.7 Å². The van der Waals surface area contributed by atoms with E-state index in [0.717, 1.165) is 29.8 Å². The zero-order valence-electron chi connectivity index (χ0n) is 13.9. The first-order valence-electron chi connectivity index (χ1n) is 8.53. The summed E-state index contributed by atoms with van der Waals surface area (Å²) in [5, 5.41) is 3.65. The van der Waals surface area contributed by atoms with Gasteiger partial charge in [-0.1, -0.05) is 56.5 Å². The third-order valence-electron chi connectivity index (χ3n) is 4.97. The van der Waals surface area contributed by atoms with Gasteiger partial charge in [-0.15, -0.1) is 0 Å². The van der Waals surface area contributed by atoms with Gasteiger partial charge >= 0.3 is 6.03 Å². The molecule has 1 spiro atoms. The highest BCUT2D eigenvalue weighted by atomic mass is 16.2. The quantitative estimate of drug-likeness (QED) is 0.833. The summed E-state index contributed by atoms with van der Waals surface area (Å²) in [6.45, 7) is 1.95. The summed E-state index contributed by atoms with van der Waals surface area (Å²) in [4.78, 5) is 37.0. The van der Waals surface area contributed by atoms with Crippen LogP contribution in [0.15, 0.2) is 30.3 Å². The Morgan fingerprint density at radius 2 is 1.88 bits per heavy atom. The zero-order valence-corrected chi connectivity index (χ0v) is 13.9. The Morgan fingerprint density at radius 1 is 1.21 bits per heavy atom. The molecule has 4 amide bonds. The van der Waals surface area contributed by atoms with Crippen molar-refractivity contribution in [1.82, 2.24) is 15.8 Å². The second kappa shape index (κ2) is 6.63. The van der Waals surface area contributed by atoms with Gasteiger partial charge in [0, 0.05) is 6.42 Å². The number of benzene rings is 1. The van der Waals surface area contributed by atoms with E-state index in [1.807, 2.05) is 37.3 Å². The van der Waals surface area contributed by atoms with Crippen LogP contribution in [-0.2, 0) is 9.59 Å². The monoisotopic (exact) mass is 329 g/mol. The van der Waals surface area contributed by atoms with Crippen LogP contribution in [0.4, 0.5) is 4.79 Å². The van der Waals surface area contributed by atoms with Gasteiger partial charge in [0.1, 0.15) is 5.54 Å². The Bertz CT molecular complexity index is 638. The molecule has 3 rings (SSSR count). The zero-order chi connectivity index (χ0) is 17.2. The molecule has 0 bridgehead atoms. The van der Waals surface area contributed by atoms with Gasteiger partial charge in [0.15, 0.2) is 0 Å². The summed E-state index contributed by atoms with van der Waals surface area (Å²) in [7, 11) is 0. The number of urea groups is 1. The van der Waals surface area contributed by atoms with Gasteiger partial charge in [0.05, 0.1) is 0 Å². The predicted molar refractivity (Wildman–Crippen MR) is 88.8 cm³/mol. The Balaban J connectivity index is 1.62. The molecular formula is C18H23N3O3. The topological polar surface area (TPSA) is 78.5 Å². The van der Waals surface area contributed by atoms with E-state index in [9.17, 15) is 14.4 Å². The van der Waals surface area contributed by atoms with Crippen LogP contribution >= 0.6 is 0 Å². The van der Waals surface area contributed by atoms with Gasteiger partial charge in [0.25, 0.3) is 5.91 Å². The molecule has 1 aromatic carbocycles. The van der Waals surface area contributed by atoms with Crippen LogP contribution in [0.25, 0.3) is 0 Å². The smallest absolute Gasteiger partial charge is 0.322 e. The number of imide groups is 1. The molecule has 6 heteroatoms. The first-order valence-corrected chi connectivity index (χ1v) is 8.53. The third kappa shape index (κ3) is 3.13. The lowest BCUT2D eigenvalue weighted by molar-refractivity contribution is -0.140. The Hall–Kier alpha value is -2.37. The minimum atomic E-state index is -0.812. The predicted octanol–water partition coefficient (Wildman–Crippen LogP) is 2.47. The molecule has 2 fully saturated rings. The SMILES string of the molecule is CC(CC(=O)NN1C(=O)NC2(CCCCC2)C1=O)c1ccccc1. The van der Waals surface area contributed by atoms with Crippen molar-refractivity contribution >= 4 is 17.8 Å². The van der Waals surface area contributed by atoms with Crippen LogP contribution in [0, 0.1) is 0 Å². The highest BCUT2D eigenvalue weighted by molar-refractivity contribution is 6.08. The lowest BCUT2D eigenvalue weighted by Gasteiger charge is -2.30. The van der Waals surface area contributed by atoms with Crippen molar-refractivity contribution < 1.29 is 14.4 Å². The Labute approximate surface area is 141 Å². The number of carbonyl (C=O) groups is 3. The normalized spacial score (nSPS) is 20.8. The molecule has 1 aliphatic heterocycles. The molecular weight excluding hydrogens is 306 g/mol. The second-order valence-corrected chi connectivity index (χ2v) is 6.76. The van der Waals surface area contributed by atoms with Crippen molar-refractivity contribution in [1.29, 1.82) is 0 Å². The van der Waals surface area contributed by atoms with Gasteiger partial charge < -0.3 is 5.32 Å². The number of carbonyl (C=O) groups excluding carboxylic acids is 3. The van der Waals surface area contributed by atoms with Crippen molar-refractivity contribution in [3.05, 3.63) is 35.9 Å². The van der Waals surface area contributed by atoms with Crippen molar-refractivity contribution in [2.24, 2.45) is 0 Å². The molecule has 1 heterocycles. The van der Waals surface area contributed by atoms with Gasteiger partial charge in [0.2, 0.25) is 5.91 Å². The maximum atomic E-state index is 12.6. The third-order valence-corrected chi connectivity index (χ3v) is 4.97. The summed E-state index contributed by atoms with van der Waals surface area (Å²) in [5.74, 6) is -0.647. The Kier molecular flexibility index (Phi) is 4.55. The minimum Gasteiger partial charge on any atom is -0.322 e. The van der Waals surface area contributed by atoms with Crippen molar-refractivity contribution in [3.8, 4) is 0 Å². The molecule has 1 unspecified atom stereocenters. The fraction of sp³-hybridized carbons (Fsp3) is 0.500. The van der Waals surface area contributed by atoms with E-state index < -0.39 is 11.6 Å². The summed E-state index contributed by atoms with van der Waals surface area (Å²) < 4.78 is 0. The fourth-order valence-corrected chi connectivity index (χ4v) is 3.56. The highest BCUT2D eigenvalue weighted by Crippen LogP contribution is 2.33. The van der Waals surface area contributed by atoms with Crippen LogP contribution in [0.5, 0.6) is 0 Å². The van der Waals surface area contributed by atoms with Crippen LogP contribution in [0.2, 0.25) is 0 Å². The van der Waals surface area contributed by atoms with E-state index in [2.05, 4.69) is 10.7 Å². The van der Waals surface area contributed by atoms with Crippen LogP contribution in [0.3, 0.4) is 0 Å². The minimum absolute atomic E-state index is 0.00982. The van der Waals surface area contributed by atoms with Crippen LogP contribution in [0.1, 0.15) is 56.9 Å². The average Bonchev–Trinajstić information content (AvgIpc) is 2.80. The van der Waals surface area contributed by atoms with E-state index in [4.69, 9.17) is 0 Å². The molecule has 2 aliphatic rings. The van der Waals surface area contributed by atoms with E-state index in [1.165, 1.54) is 0 Å². The standard InChI is InChI=1S/C18H23N3O3/c1-13(14-8-4-2-5-9-14)12-15(22)20-21-16(23)18(19-17(21)24)10-6-3-7-11-18/h2,4-5,8-9,13H,3,6-7,10-12H2,1H3,(H,19,24)(H,20,22). The average molecular weight is 329 g/mol.